The molecule has 1 saturated carbocycles. The van der Waals surface area contributed by atoms with Gasteiger partial charge >= 0.3 is 0 Å². The average molecular weight is 366 g/mol. The van der Waals surface area contributed by atoms with Crippen LogP contribution in [-0.2, 0) is 12.3 Å². The second kappa shape index (κ2) is 6.84. The van der Waals surface area contributed by atoms with Crippen LogP contribution in [-0.4, -0.2) is 28.0 Å². The van der Waals surface area contributed by atoms with Crippen molar-refractivity contribution in [3.63, 3.8) is 0 Å². The lowest BCUT2D eigenvalue weighted by atomic mass is 10.2. The maximum atomic E-state index is 6.37. The number of thioether (sulfide) groups is 1. The largest absolute Gasteiger partial charge is 0.489 e. The van der Waals surface area contributed by atoms with Gasteiger partial charge < -0.3 is 14.0 Å². The van der Waals surface area contributed by atoms with Crippen LogP contribution in [0.5, 0.6) is 11.5 Å². The molecule has 128 valence electrons. The quantitative estimate of drug-likeness (QED) is 0.740. The third-order valence-corrected chi connectivity index (χ3v) is 5.55. The number of ether oxygens (including phenoxy) is 2. The predicted octanol–water partition coefficient (Wildman–Crippen LogP) is 4.28. The minimum absolute atomic E-state index is 0.610. The van der Waals surface area contributed by atoms with Crippen LogP contribution in [0.4, 0.5) is 0 Å². The summed E-state index contributed by atoms with van der Waals surface area (Å²) in [5.74, 6) is 3.93. The Balaban J connectivity index is 1.52. The third kappa shape index (κ3) is 3.22. The van der Waals surface area contributed by atoms with E-state index in [1.54, 1.807) is 11.8 Å². The van der Waals surface area contributed by atoms with Gasteiger partial charge in [0.25, 0.3) is 0 Å². The van der Waals surface area contributed by atoms with Crippen molar-refractivity contribution in [2.45, 2.75) is 49.6 Å². The molecule has 5 nitrogen and oxygen atoms in total. The summed E-state index contributed by atoms with van der Waals surface area (Å²) in [4.78, 5) is 0. The Morgan fingerprint density at radius 1 is 1.25 bits per heavy atom. The Kier molecular flexibility index (Phi) is 4.59. The number of nitrogens with zero attached hydrogens (tertiary/aromatic N) is 3. The van der Waals surface area contributed by atoms with E-state index in [-0.39, 0.29) is 0 Å². The third-order valence-electron chi connectivity index (χ3n) is 4.23. The monoisotopic (exact) mass is 365 g/mol. The van der Waals surface area contributed by atoms with Crippen LogP contribution < -0.4 is 9.47 Å². The molecule has 24 heavy (non-hydrogen) atoms. The van der Waals surface area contributed by atoms with E-state index < -0.39 is 0 Å². The molecule has 2 heterocycles. The second-order valence-corrected chi connectivity index (χ2v) is 7.45. The molecular weight excluding hydrogens is 346 g/mol. The van der Waals surface area contributed by atoms with Crippen LogP contribution in [0.2, 0.25) is 5.02 Å². The van der Waals surface area contributed by atoms with Crippen LogP contribution in [0.15, 0.2) is 17.3 Å². The van der Waals surface area contributed by atoms with Crippen molar-refractivity contribution in [1.29, 1.82) is 0 Å². The fourth-order valence-corrected chi connectivity index (χ4v) is 4.09. The molecule has 0 atom stereocenters. The lowest BCUT2D eigenvalue weighted by Gasteiger charge is -2.11. The first kappa shape index (κ1) is 16.1. The molecule has 1 aromatic heterocycles. The van der Waals surface area contributed by atoms with Crippen LogP contribution in [0.3, 0.4) is 0 Å². The van der Waals surface area contributed by atoms with Gasteiger partial charge in [0.1, 0.15) is 5.82 Å². The molecule has 0 bridgehead atoms. The van der Waals surface area contributed by atoms with E-state index in [1.165, 1.54) is 12.8 Å². The van der Waals surface area contributed by atoms with Crippen molar-refractivity contribution in [3.8, 4) is 11.5 Å². The molecule has 1 aliphatic carbocycles. The summed E-state index contributed by atoms with van der Waals surface area (Å²) in [6, 6.07) is 3.98. The zero-order valence-electron chi connectivity index (χ0n) is 13.6. The van der Waals surface area contributed by atoms with Gasteiger partial charge in [-0.05, 0) is 37.5 Å². The predicted molar refractivity (Wildman–Crippen MR) is 94.3 cm³/mol. The van der Waals surface area contributed by atoms with Gasteiger partial charge in [-0.15, -0.1) is 10.2 Å². The van der Waals surface area contributed by atoms with Crippen molar-refractivity contribution < 1.29 is 9.47 Å². The zero-order chi connectivity index (χ0) is 16.5. The highest BCUT2D eigenvalue weighted by molar-refractivity contribution is 7.98. The minimum Gasteiger partial charge on any atom is -0.489 e. The molecule has 0 N–H and O–H groups in total. The van der Waals surface area contributed by atoms with Gasteiger partial charge in [-0.1, -0.05) is 23.4 Å². The van der Waals surface area contributed by atoms with Gasteiger partial charge in [0, 0.05) is 24.6 Å². The smallest absolute Gasteiger partial charge is 0.191 e. The number of halogens is 1. The molecule has 0 unspecified atom stereocenters. The van der Waals surface area contributed by atoms with Gasteiger partial charge in [-0.2, -0.15) is 0 Å². The molecule has 1 aromatic carbocycles. The molecule has 0 spiro atoms. The average Bonchev–Trinajstić information content (AvgIpc) is 3.37. The molecule has 1 fully saturated rings. The van der Waals surface area contributed by atoms with Crippen molar-refractivity contribution >= 4 is 23.4 Å². The lowest BCUT2D eigenvalue weighted by Crippen LogP contribution is -2.02. The molecule has 0 amide bonds. The number of hydrogen-bond donors (Lipinski definition) is 0. The van der Waals surface area contributed by atoms with E-state index in [2.05, 4.69) is 21.7 Å². The maximum absolute atomic E-state index is 6.37. The normalized spacial score (nSPS) is 16.9. The van der Waals surface area contributed by atoms with Gasteiger partial charge in [0.15, 0.2) is 16.7 Å². The summed E-state index contributed by atoms with van der Waals surface area (Å²) < 4.78 is 13.7. The van der Waals surface area contributed by atoms with Gasteiger partial charge in [-0.25, -0.2) is 0 Å². The summed E-state index contributed by atoms with van der Waals surface area (Å²) in [6.45, 7) is 4.35. The molecule has 0 saturated heterocycles. The summed E-state index contributed by atoms with van der Waals surface area (Å²) >= 11 is 8.06. The fraction of sp³-hybridized carbons (Fsp3) is 0.529. The molecule has 4 rings (SSSR count). The summed E-state index contributed by atoms with van der Waals surface area (Å²) in [7, 11) is 0. The van der Waals surface area contributed by atoms with E-state index in [1.807, 2.05) is 12.1 Å². The highest BCUT2D eigenvalue weighted by atomic mass is 35.5. The number of aromatic nitrogens is 3. The first-order valence-corrected chi connectivity index (χ1v) is 9.76. The Labute approximate surface area is 150 Å². The molecule has 7 heteroatoms. The standard InChI is InChI=1S/C17H20ClN3O2S/c1-2-21-16(12-4-5-12)19-20-17(21)24-10-11-8-13(18)15-14(9-11)22-6-3-7-23-15/h8-9,12H,2-7,10H2,1H3. The van der Waals surface area contributed by atoms with Crippen LogP contribution in [0.1, 0.15) is 43.5 Å². The van der Waals surface area contributed by atoms with Gasteiger partial charge in [0.05, 0.1) is 18.2 Å². The molecule has 2 aliphatic rings. The number of rotatable bonds is 5. The highest BCUT2D eigenvalue weighted by Crippen LogP contribution is 2.41. The molecule has 2 aromatic rings. The first-order chi connectivity index (χ1) is 11.8. The van der Waals surface area contributed by atoms with E-state index in [0.717, 1.165) is 41.0 Å². The maximum Gasteiger partial charge on any atom is 0.191 e. The van der Waals surface area contributed by atoms with Crippen LogP contribution in [0.25, 0.3) is 0 Å². The lowest BCUT2D eigenvalue weighted by molar-refractivity contribution is 0.297. The van der Waals surface area contributed by atoms with Crippen LogP contribution in [0, 0.1) is 0 Å². The summed E-state index contributed by atoms with van der Waals surface area (Å²) in [6.07, 6.45) is 3.35. The van der Waals surface area contributed by atoms with Gasteiger partial charge in [0.2, 0.25) is 0 Å². The highest BCUT2D eigenvalue weighted by Gasteiger charge is 2.30. The second-order valence-electron chi connectivity index (χ2n) is 6.10. The Morgan fingerprint density at radius 3 is 2.88 bits per heavy atom. The van der Waals surface area contributed by atoms with Gasteiger partial charge in [-0.3, -0.25) is 0 Å². The van der Waals surface area contributed by atoms with Crippen molar-refractivity contribution in [1.82, 2.24) is 14.8 Å². The molecular formula is C17H20ClN3O2S. The topological polar surface area (TPSA) is 49.2 Å². The van der Waals surface area contributed by atoms with E-state index >= 15 is 0 Å². The van der Waals surface area contributed by atoms with Crippen molar-refractivity contribution in [2.75, 3.05) is 13.2 Å². The first-order valence-electron chi connectivity index (χ1n) is 8.40. The zero-order valence-corrected chi connectivity index (χ0v) is 15.2. The Hall–Kier alpha value is -1.40. The van der Waals surface area contributed by atoms with E-state index in [9.17, 15) is 0 Å². The number of benzene rings is 1. The van der Waals surface area contributed by atoms with E-state index in [4.69, 9.17) is 21.1 Å². The number of fused-ring (bicyclic) bond motifs is 1. The SMILES string of the molecule is CCn1c(SCc2cc(Cl)c3c(c2)OCCCO3)nnc1C1CC1. The minimum atomic E-state index is 0.610. The Morgan fingerprint density at radius 2 is 2.08 bits per heavy atom. The van der Waals surface area contributed by atoms with Crippen molar-refractivity contribution in [3.05, 3.63) is 28.5 Å². The summed E-state index contributed by atoms with van der Waals surface area (Å²) in [5.41, 5.74) is 1.10. The number of hydrogen-bond acceptors (Lipinski definition) is 5. The molecule has 1 aliphatic heterocycles. The fourth-order valence-electron chi connectivity index (χ4n) is 2.86. The Bertz CT molecular complexity index is 746. The molecule has 0 radical (unpaired) electrons. The van der Waals surface area contributed by atoms with E-state index in [0.29, 0.717) is 29.9 Å². The van der Waals surface area contributed by atoms with Crippen LogP contribution >= 0.6 is 23.4 Å². The summed E-state index contributed by atoms with van der Waals surface area (Å²) in [5, 5.41) is 10.3. The van der Waals surface area contributed by atoms with Crippen molar-refractivity contribution in [2.24, 2.45) is 0 Å².